The maximum absolute atomic E-state index is 12.2. The second-order valence-corrected chi connectivity index (χ2v) is 7.30. The molecule has 0 fully saturated rings. The van der Waals surface area contributed by atoms with Gasteiger partial charge in [-0.2, -0.15) is 0 Å². The topological polar surface area (TPSA) is 181 Å². The maximum atomic E-state index is 12.2. The lowest BCUT2D eigenvalue weighted by atomic mass is 9.99. The largest absolute Gasteiger partial charge is 0.493 e. The molecule has 0 saturated carbocycles. The van der Waals surface area contributed by atoms with E-state index in [0.717, 1.165) is 12.5 Å². The predicted molar refractivity (Wildman–Crippen MR) is 134 cm³/mol. The Kier molecular flexibility index (Phi) is 12.3. The molecule has 0 saturated heterocycles. The van der Waals surface area contributed by atoms with E-state index in [9.17, 15) is 14.7 Å². The Labute approximate surface area is 209 Å². The summed E-state index contributed by atoms with van der Waals surface area (Å²) in [4.78, 5) is 33.0. The number of carboxylic acids is 2. The quantitative estimate of drug-likeness (QED) is 0.164. The zero-order valence-electron chi connectivity index (χ0n) is 20.8. The van der Waals surface area contributed by atoms with Gasteiger partial charge in [-0.05, 0) is 56.2 Å². The molecule has 0 aromatic heterocycles. The van der Waals surface area contributed by atoms with Crippen LogP contribution in [0, 0.1) is 5.41 Å². The van der Waals surface area contributed by atoms with E-state index in [0.29, 0.717) is 35.6 Å². The smallest absolute Gasteiger partial charge is 0.344 e. The number of nitrogens with two attached hydrogens (primary N) is 1. The van der Waals surface area contributed by atoms with Gasteiger partial charge in [-0.15, -0.1) is 0 Å². The molecule has 0 heterocycles. The molecular formula is C25H33N3O8. The average molecular weight is 504 g/mol. The molecule has 1 atom stereocenters. The van der Waals surface area contributed by atoms with E-state index in [-0.39, 0.29) is 24.8 Å². The Hall–Kier alpha value is -4.28. The Morgan fingerprint density at radius 3 is 2.08 bits per heavy atom. The molecule has 0 amide bonds. The van der Waals surface area contributed by atoms with Crippen molar-refractivity contribution >= 4 is 29.4 Å². The average Bonchev–Trinajstić information content (AvgIpc) is 2.81. The number of aliphatic carboxylic acids is 2. The normalized spacial score (nSPS) is 10.8. The Morgan fingerprint density at radius 1 is 1.00 bits per heavy atom. The molecule has 6 N–H and O–H groups in total. The summed E-state index contributed by atoms with van der Waals surface area (Å²) in [5.41, 5.74) is 7.67. The number of carbonyl (C=O) groups is 3. The number of rotatable bonds is 12. The first kappa shape index (κ1) is 29.8. The number of aryl methyl sites for hydroxylation is 1. The van der Waals surface area contributed by atoms with Crippen LogP contribution in [0.2, 0.25) is 0 Å². The molecule has 0 bridgehead atoms. The van der Waals surface area contributed by atoms with Gasteiger partial charge in [-0.3, -0.25) is 10.2 Å². The van der Waals surface area contributed by atoms with Gasteiger partial charge < -0.3 is 35.5 Å². The molecule has 196 valence electrons. The van der Waals surface area contributed by atoms with E-state index >= 15 is 0 Å². The molecule has 2 aromatic carbocycles. The van der Waals surface area contributed by atoms with Crippen molar-refractivity contribution in [3.05, 3.63) is 53.1 Å². The fourth-order valence-corrected chi connectivity index (χ4v) is 3.07. The van der Waals surface area contributed by atoms with Gasteiger partial charge in [0.2, 0.25) is 0 Å². The standard InChI is InChI=1S/C23H29N3O6.C2H4O2/c1-4-14-11-17(19(12-18(14)30-5-2)32-13-20(27)31-6-3)21(23(28)29)26-16-9-7-15(8-10-16)22(24)25;1-2(3)4/h7-12,21,26H,4-6,13H2,1-3H3,(H3,24,25)(H,28,29);1H3,(H,3,4). The SMILES string of the molecule is CC(=O)O.CCOC(=O)COc1cc(OCC)c(CC)cc1C(Nc1ccc(C(=N)N)cc1)C(=O)O. The highest BCUT2D eigenvalue weighted by molar-refractivity contribution is 5.95. The van der Waals surface area contributed by atoms with Gasteiger partial charge in [0.1, 0.15) is 17.3 Å². The lowest BCUT2D eigenvalue weighted by molar-refractivity contribution is -0.145. The van der Waals surface area contributed by atoms with E-state index in [4.69, 9.17) is 35.3 Å². The molecular weight excluding hydrogens is 470 g/mol. The summed E-state index contributed by atoms with van der Waals surface area (Å²) in [7, 11) is 0. The van der Waals surface area contributed by atoms with Gasteiger partial charge >= 0.3 is 11.9 Å². The van der Waals surface area contributed by atoms with Crippen molar-refractivity contribution in [1.82, 2.24) is 0 Å². The molecule has 0 aliphatic heterocycles. The van der Waals surface area contributed by atoms with Crippen molar-refractivity contribution in [2.24, 2.45) is 5.73 Å². The zero-order valence-corrected chi connectivity index (χ0v) is 20.8. The van der Waals surface area contributed by atoms with E-state index in [1.165, 1.54) is 0 Å². The van der Waals surface area contributed by atoms with E-state index in [1.54, 1.807) is 43.3 Å². The molecule has 36 heavy (non-hydrogen) atoms. The van der Waals surface area contributed by atoms with E-state index < -0.39 is 23.9 Å². The molecule has 2 rings (SSSR count). The van der Waals surface area contributed by atoms with Crippen LogP contribution in [-0.4, -0.2) is 53.8 Å². The summed E-state index contributed by atoms with van der Waals surface area (Å²) in [6.07, 6.45) is 0.611. The van der Waals surface area contributed by atoms with Gasteiger partial charge in [0.15, 0.2) is 12.6 Å². The summed E-state index contributed by atoms with van der Waals surface area (Å²) < 4.78 is 16.2. The number of carbonyl (C=O) groups excluding carboxylic acids is 1. The Morgan fingerprint density at radius 2 is 1.61 bits per heavy atom. The lowest BCUT2D eigenvalue weighted by Crippen LogP contribution is -2.23. The van der Waals surface area contributed by atoms with Crippen molar-refractivity contribution in [3.8, 4) is 11.5 Å². The van der Waals surface area contributed by atoms with Gasteiger partial charge in [0, 0.05) is 29.8 Å². The van der Waals surface area contributed by atoms with Crippen molar-refractivity contribution in [2.45, 2.75) is 40.2 Å². The van der Waals surface area contributed by atoms with E-state index in [2.05, 4.69) is 5.32 Å². The molecule has 0 aliphatic carbocycles. The molecule has 2 aromatic rings. The first-order valence-electron chi connectivity index (χ1n) is 11.2. The number of nitrogens with one attached hydrogen (secondary N) is 2. The van der Waals surface area contributed by atoms with Crippen molar-refractivity contribution in [1.29, 1.82) is 5.41 Å². The van der Waals surface area contributed by atoms with Gasteiger partial charge in [0.05, 0.1) is 13.2 Å². The fourth-order valence-electron chi connectivity index (χ4n) is 3.07. The van der Waals surface area contributed by atoms with Gasteiger partial charge in [-0.25, -0.2) is 9.59 Å². The molecule has 0 spiro atoms. The minimum absolute atomic E-state index is 0.0833. The molecule has 0 aliphatic rings. The van der Waals surface area contributed by atoms with Crippen LogP contribution in [0.3, 0.4) is 0 Å². The number of carboxylic acid groups (broad SMARTS) is 2. The summed E-state index contributed by atoms with van der Waals surface area (Å²) in [6, 6.07) is 8.67. The van der Waals surface area contributed by atoms with Crippen LogP contribution < -0.4 is 20.5 Å². The third kappa shape index (κ3) is 9.53. The summed E-state index contributed by atoms with van der Waals surface area (Å²) >= 11 is 0. The first-order valence-corrected chi connectivity index (χ1v) is 11.2. The maximum Gasteiger partial charge on any atom is 0.344 e. The number of anilines is 1. The summed E-state index contributed by atoms with van der Waals surface area (Å²) in [6.45, 7) is 6.82. The fraction of sp³-hybridized carbons (Fsp3) is 0.360. The summed E-state index contributed by atoms with van der Waals surface area (Å²) in [5.74, 6) is -1.84. The Balaban J connectivity index is 0.00000150. The number of nitrogen functional groups attached to an aromatic ring is 1. The van der Waals surface area contributed by atoms with Crippen molar-refractivity contribution in [3.63, 3.8) is 0 Å². The number of hydrogen-bond acceptors (Lipinski definition) is 8. The van der Waals surface area contributed by atoms with Gasteiger partial charge in [0.25, 0.3) is 5.97 Å². The van der Waals surface area contributed by atoms with Crippen LogP contribution in [0.15, 0.2) is 36.4 Å². The van der Waals surface area contributed by atoms with Crippen LogP contribution in [0.1, 0.15) is 50.4 Å². The highest BCUT2D eigenvalue weighted by Gasteiger charge is 2.26. The number of benzene rings is 2. The number of ether oxygens (including phenoxy) is 3. The van der Waals surface area contributed by atoms with Crippen LogP contribution in [0.25, 0.3) is 0 Å². The van der Waals surface area contributed by atoms with Gasteiger partial charge in [-0.1, -0.05) is 6.92 Å². The predicted octanol–water partition coefficient (Wildman–Crippen LogP) is 3.20. The number of esters is 1. The molecule has 1 unspecified atom stereocenters. The monoisotopic (exact) mass is 503 g/mol. The lowest BCUT2D eigenvalue weighted by Gasteiger charge is -2.22. The third-order valence-corrected chi connectivity index (χ3v) is 4.59. The number of hydrogen-bond donors (Lipinski definition) is 5. The second-order valence-electron chi connectivity index (χ2n) is 7.30. The van der Waals surface area contributed by atoms with Crippen molar-refractivity contribution < 1.29 is 38.8 Å². The molecule has 11 nitrogen and oxygen atoms in total. The van der Waals surface area contributed by atoms with Crippen LogP contribution in [-0.2, 0) is 25.5 Å². The highest BCUT2D eigenvalue weighted by atomic mass is 16.6. The molecule has 11 heteroatoms. The van der Waals surface area contributed by atoms with Crippen LogP contribution in [0.5, 0.6) is 11.5 Å². The van der Waals surface area contributed by atoms with E-state index in [1.807, 2.05) is 13.8 Å². The molecule has 0 radical (unpaired) electrons. The minimum Gasteiger partial charge on any atom is -0.493 e. The number of amidine groups is 1. The van der Waals surface area contributed by atoms with Crippen molar-refractivity contribution in [2.75, 3.05) is 25.1 Å². The van der Waals surface area contributed by atoms with Crippen LogP contribution in [0.4, 0.5) is 5.69 Å². The second kappa shape index (κ2) is 14.9. The van der Waals surface area contributed by atoms with Crippen LogP contribution >= 0.6 is 0 Å². The minimum atomic E-state index is -1.17. The third-order valence-electron chi connectivity index (χ3n) is 4.59. The zero-order chi connectivity index (χ0) is 27.3. The highest BCUT2D eigenvalue weighted by Crippen LogP contribution is 2.35. The summed E-state index contributed by atoms with van der Waals surface area (Å²) in [5, 5.41) is 27.8. The first-order chi connectivity index (χ1) is 17.0. The Bertz CT molecular complexity index is 1050.